The third-order valence-corrected chi connectivity index (χ3v) is 6.16. The molecular weight excluding hydrogens is 387 g/mol. The van der Waals surface area contributed by atoms with Crippen LogP contribution in [0.3, 0.4) is 0 Å². The van der Waals surface area contributed by atoms with Crippen LogP contribution in [0.15, 0.2) is 59.5 Å². The first-order valence-corrected chi connectivity index (χ1v) is 11.3. The fourth-order valence-corrected chi connectivity index (χ4v) is 4.31. The second-order valence-electron chi connectivity index (χ2n) is 6.03. The SMILES string of the molecule is CSCC[C@@H](NS(=O)(=O)c1ccccc1F)C(=O)N[C@@H](C)c1ccccc1. The van der Waals surface area contributed by atoms with Gasteiger partial charge in [-0.2, -0.15) is 16.5 Å². The van der Waals surface area contributed by atoms with Gasteiger partial charge >= 0.3 is 0 Å². The molecule has 0 unspecified atom stereocenters. The Hall–Kier alpha value is -1.90. The van der Waals surface area contributed by atoms with Crippen LogP contribution in [0.5, 0.6) is 0 Å². The average molecular weight is 411 g/mol. The van der Waals surface area contributed by atoms with E-state index in [1.807, 2.05) is 43.5 Å². The van der Waals surface area contributed by atoms with E-state index >= 15 is 0 Å². The van der Waals surface area contributed by atoms with Gasteiger partial charge in [0.2, 0.25) is 15.9 Å². The number of carbonyl (C=O) groups excluding carboxylic acids is 1. The number of thioether (sulfide) groups is 1. The summed E-state index contributed by atoms with van der Waals surface area (Å²) in [6, 6.07) is 13.2. The molecule has 2 aromatic rings. The summed E-state index contributed by atoms with van der Waals surface area (Å²) in [5.74, 6) is -0.718. The van der Waals surface area contributed by atoms with Crippen LogP contribution in [0.25, 0.3) is 0 Å². The van der Waals surface area contributed by atoms with Gasteiger partial charge in [-0.15, -0.1) is 0 Å². The zero-order chi connectivity index (χ0) is 19.9. The fourth-order valence-electron chi connectivity index (χ4n) is 2.53. The van der Waals surface area contributed by atoms with Gasteiger partial charge in [0.1, 0.15) is 16.8 Å². The van der Waals surface area contributed by atoms with Gasteiger partial charge < -0.3 is 5.32 Å². The van der Waals surface area contributed by atoms with E-state index < -0.39 is 32.7 Å². The third-order valence-electron chi connectivity index (χ3n) is 4.01. The van der Waals surface area contributed by atoms with Gasteiger partial charge in [0.15, 0.2) is 0 Å². The molecule has 0 aliphatic heterocycles. The summed E-state index contributed by atoms with van der Waals surface area (Å²) < 4.78 is 41.3. The first-order chi connectivity index (χ1) is 12.8. The molecule has 0 saturated carbocycles. The van der Waals surface area contributed by atoms with E-state index in [4.69, 9.17) is 0 Å². The number of benzene rings is 2. The summed E-state index contributed by atoms with van der Waals surface area (Å²) >= 11 is 1.50. The summed E-state index contributed by atoms with van der Waals surface area (Å²) in [6.07, 6.45) is 2.16. The normalized spacial score (nSPS) is 13.7. The smallest absolute Gasteiger partial charge is 0.244 e. The van der Waals surface area contributed by atoms with E-state index in [1.54, 1.807) is 0 Å². The van der Waals surface area contributed by atoms with Crippen molar-refractivity contribution in [3.05, 3.63) is 66.0 Å². The van der Waals surface area contributed by atoms with Gasteiger partial charge in [-0.3, -0.25) is 4.79 Å². The molecule has 0 fully saturated rings. The number of halogens is 1. The van der Waals surface area contributed by atoms with Gasteiger partial charge in [-0.25, -0.2) is 12.8 Å². The van der Waals surface area contributed by atoms with Gasteiger partial charge in [-0.1, -0.05) is 42.5 Å². The summed E-state index contributed by atoms with van der Waals surface area (Å²) in [4.78, 5) is 12.2. The first-order valence-electron chi connectivity index (χ1n) is 8.46. The number of hydrogen-bond acceptors (Lipinski definition) is 4. The molecule has 0 saturated heterocycles. The molecular formula is C19H23FN2O3S2. The van der Waals surface area contributed by atoms with Crippen LogP contribution in [0.4, 0.5) is 4.39 Å². The Balaban J connectivity index is 2.16. The van der Waals surface area contributed by atoms with Crippen LogP contribution in [-0.4, -0.2) is 32.4 Å². The van der Waals surface area contributed by atoms with Crippen LogP contribution in [0, 0.1) is 5.82 Å². The highest BCUT2D eigenvalue weighted by Crippen LogP contribution is 2.16. The highest BCUT2D eigenvalue weighted by atomic mass is 32.2. The molecule has 0 spiro atoms. The van der Waals surface area contributed by atoms with Crippen molar-refractivity contribution in [3.63, 3.8) is 0 Å². The maximum absolute atomic E-state index is 13.9. The van der Waals surface area contributed by atoms with E-state index in [-0.39, 0.29) is 6.04 Å². The molecule has 1 amide bonds. The zero-order valence-corrected chi connectivity index (χ0v) is 16.8. The number of carbonyl (C=O) groups is 1. The van der Waals surface area contributed by atoms with E-state index in [2.05, 4.69) is 10.0 Å². The van der Waals surface area contributed by atoms with Gasteiger partial charge in [0.05, 0.1) is 6.04 Å². The van der Waals surface area contributed by atoms with Crippen molar-refractivity contribution in [2.24, 2.45) is 0 Å². The Labute approximate surface area is 163 Å². The Kier molecular flexibility index (Phi) is 7.82. The lowest BCUT2D eigenvalue weighted by atomic mass is 10.1. The third kappa shape index (κ3) is 6.05. The van der Waals surface area contributed by atoms with Crippen molar-refractivity contribution in [2.75, 3.05) is 12.0 Å². The minimum atomic E-state index is -4.16. The van der Waals surface area contributed by atoms with Crippen molar-refractivity contribution < 1.29 is 17.6 Å². The summed E-state index contributed by atoms with van der Waals surface area (Å²) in [7, 11) is -4.16. The molecule has 0 aliphatic carbocycles. The van der Waals surface area contributed by atoms with Gasteiger partial charge in [0.25, 0.3) is 0 Å². The van der Waals surface area contributed by atoms with Crippen molar-refractivity contribution in [1.82, 2.24) is 10.0 Å². The lowest BCUT2D eigenvalue weighted by Crippen LogP contribution is -2.47. The molecule has 0 aromatic heterocycles. The van der Waals surface area contributed by atoms with Crippen LogP contribution in [0.1, 0.15) is 24.9 Å². The molecule has 0 aliphatic rings. The standard InChI is InChI=1S/C19H23FN2O3S2/c1-14(15-8-4-3-5-9-15)21-19(23)17(12-13-26-2)22-27(24,25)18-11-7-6-10-16(18)20/h3-11,14,17,22H,12-13H2,1-2H3,(H,21,23)/t14-,17+/m0/s1. The zero-order valence-electron chi connectivity index (χ0n) is 15.2. The molecule has 0 radical (unpaired) electrons. The molecule has 5 nitrogen and oxygen atoms in total. The van der Waals surface area contributed by atoms with Gasteiger partial charge in [-0.05, 0) is 43.0 Å². The fraction of sp³-hybridized carbons (Fsp3) is 0.316. The number of hydrogen-bond donors (Lipinski definition) is 2. The molecule has 27 heavy (non-hydrogen) atoms. The lowest BCUT2D eigenvalue weighted by Gasteiger charge is -2.21. The largest absolute Gasteiger partial charge is 0.348 e. The van der Waals surface area contributed by atoms with E-state index in [0.29, 0.717) is 12.2 Å². The maximum Gasteiger partial charge on any atom is 0.244 e. The van der Waals surface area contributed by atoms with Crippen LogP contribution < -0.4 is 10.0 Å². The predicted molar refractivity (Wildman–Crippen MR) is 107 cm³/mol. The van der Waals surface area contributed by atoms with Crippen LogP contribution in [-0.2, 0) is 14.8 Å². The Morgan fingerprint density at radius 1 is 1.11 bits per heavy atom. The van der Waals surface area contributed by atoms with E-state index in [1.165, 1.54) is 30.0 Å². The molecule has 2 N–H and O–H groups in total. The van der Waals surface area contributed by atoms with Crippen LogP contribution >= 0.6 is 11.8 Å². The molecule has 146 valence electrons. The molecule has 2 atom stereocenters. The Morgan fingerprint density at radius 3 is 2.37 bits per heavy atom. The minimum absolute atomic E-state index is 0.284. The monoisotopic (exact) mass is 410 g/mol. The topological polar surface area (TPSA) is 75.3 Å². The molecule has 0 heterocycles. The minimum Gasteiger partial charge on any atom is -0.348 e. The number of sulfonamides is 1. The first kappa shape index (κ1) is 21.4. The van der Waals surface area contributed by atoms with Crippen molar-refractivity contribution in [2.45, 2.75) is 30.3 Å². The Bertz CT molecular complexity index is 860. The number of rotatable bonds is 9. The van der Waals surface area contributed by atoms with Crippen molar-refractivity contribution >= 4 is 27.7 Å². The van der Waals surface area contributed by atoms with Crippen molar-refractivity contribution in [1.29, 1.82) is 0 Å². The molecule has 0 bridgehead atoms. The highest BCUT2D eigenvalue weighted by molar-refractivity contribution is 7.98. The molecule has 8 heteroatoms. The summed E-state index contributed by atoms with van der Waals surface area (Å²) in [5.41, 5.74) is 0.909. The molecule has 2 aromatic carbocycles. The quantitative estimate of drug-likeness (QED) is 0.666. The average Bonchev–Trinajstić information content (AvgIpc) is 2.65. The maximum atomic E-state index is 13.9. The Morgan fingerprint density at radius 2 is 1.74 bits per heavy atom. The summed E-state index contributed by atoms with van der Waals surface area (Å²) in [6.45, 7) is 1.82. The second kappa shape index (κ2) is 9.87. The lowest BCUT2D eigenvalue weighted by molar-refractivity contribution is -0.123. The van der Waals surface area contributed by atoms with Crippen molar-refractivity contribution in [3.8, 4) is 0 Å². The summed E-state index contributed by atoms with van der Waals surface area (Å²) in [5, 5.41) is 2.82. The second-order valence-corrected chi connectivity index (χ2v) is 8.69. The highest BCUT2D eigenvalue weighted by Gasteiger charge is 2.28. The number of amides is 1. The number of nitrogens with one attached hydrogen (secondary N) is 2. The molecule has 2 rings (SSSR count). The van der Waals surface area contributed by atoms with E-state index in [0.717, 1.165) is 11.6 Å². The predicted octanol–water partition coefficient (Wildman–Crippen LogP) is 3.10. The van der Waals surface area contributed by atoms with Gasteiger partial charge in [0, 0.05) is 0 Å². The van der Waals surface area contributed by atoms with E-state index in [9.17, 15) is 17.6 Å². The van der Waals surface area contributed by atoms with Crippen LogP contribution in [0.2, 0.25) is 0 Å².